The van der Waals surface area contributed by atoms with Crippen molar-refractivity contribution in [3.05, 3.63) is 23.8 Å². The summed E-state index contributed by atoms with van der Waals surface area (Å²) in [5, 5.41) is 3.19. The summed E-state index contributed by atoms with van der Waals surface area (Å²) in [5.41, 5.74) is 0.905. The number of hydrogen-bond acceptors (Lipinski definition) is 4. The lowest BCUT2D eigenvalue weighted by molar-refractivity contribution is 0.282. The van der Waals surface area contributed by atoms with Gasteiger partial charge in [-0.05, 0) is 31.5 Å². The van der Waals surface area contributed by atoms with Crippen LogP contribution in [-0.4, -0.2) is 45.5 Å². The van der Waals surface area contributed by atoms with E-state index in [4.69, 9.17) is 4.74 Å². The minimum Gasteiger partial charge on any atom is -0.495 e. The number of benzene rings is 1. The summed E-state index contributed by atoms with van der Waals surface area (Å²) in [6.45, 7) is 5.62. The number of ether oxygens (including phenoxy) is 1. The molecule has 0 radical (unpaired) electrons. The Morgan fingerprint density at radius 2 is 2.10 bits per heavy atom. The average Bonchev–Trinajstić information content (AvgIpc) is 2.39. The van der Waals surface area contributed by atoms with Crippen LogP contribution in [0, 0.1) is 6.92 Å². The smallest absolute Gasteiger partial charge is 0.247 e. The molecule has 114 valence electrons. The highest BCUT2D eigenvalue weighted by atomic mass is 35.5. The van der Waals surface area contributed by atoms with Gasteiger partial charge in [-0.2, -0.15) is 4.31 Å². The first-order chi connectivity index (χ1) is 8.96. The van der Waals surface area contributed by atoms with Crippen LogP contribution >= 0.6 is 12.4 Å². The maximum absolute atomic E-state index is 12.7. The second-order valence-electron chi connectivity index (χ2n) is 4.82. The van der Waals surface area contributed by atoms with Gasteiger partial charge in [0, 0.05) is 25.7 Å². The number of nitrogens with one attached hydrogen (secondary N) is 1. The van der Waals surface area contributed by atoms with Crippen molar-refractivity contribution in [3.63, 3.8) is 0 Å². The molecule has 1 N–H and O–H groups in total. The van der Waals surface area contributed by atoms with Gasteiger partial charge in [0.1, 0.15) is 10.6 Å². The van der Waals surface area contributed by atoms with Gasteiger partial charge in [0.2, 0.25) is 10.0 Å². The van der Waals surface area contributed by atoms with E-state index in [2.05, 4.69) is 5.32 Å². The highest BCUT2D eigenvalue weighted by molar-refractivity contribution is 7.89. The zero-order valence-electron chi connectivity index (χ0n) is 11.9. The van der Waals surface area contributed by atoms with Crippen LogP contribution in [0.2, 0.25) is 0 Å². The Balaban J connectivity index is 0.00000200. The van der Waals surface area contributed by atoms with E-state index in [1.807, 2.05) is 19.9 Å². The van der Waals surface area contributed by atoms with Gasteiger partial charge in [0.05, 0.1) is 7.11 Å². The molecule has 1 fully saturated rings. The van der Waals surface area contributed by atoms with E-state index in [1.54, 1.807) is 16.4 Å². The molecule has 1 aromatic carbocycles. The van der Waals surface area contributed by atoms with Crippen LogP contribution in [0.5, 0.6) is 5.75 Å². The Morgan fingerprint density at radius 1 is 1.40 bits per heavy atom. The van der Waals surface area contributed by atoms with E-state index in [0.717, 1.165) is 5.56 Å². The van der Waals surface area contributed by atoms with Crippen molar-refractivity contribution >= 4 is 22.4 Å². The normalized spacial score (nSPS) is 20.2. The van der Waals surface area contributed by atoms with Crippen molar-refractivity contribution in [2.24, 2.45) is 0 Å². The van der Waals surface area contributed by atoms with Gasteiger partial charge < -0.3 is 10.1 Å². The first kappa shape index (κ1) is 17.2. The van der Waals surface area contributed by atoms with Crippen molar-refractivity contribution in [1.82, 2.24) is 9.62 Å². The zero-order chi connectivity index (χ0) is 14.0. The lowest BCUT2D eigenvalue weighted by Gasteiger charge is -2.33. The van der Waals surface area contributed by atoms with E-state index in [-0.39, 0.29) is 23.3 Å². The fourth-order valence-electron chi connectivity index (χ4n) is 2.29. The molecule has 1 atom stereocenters. The molecule has 0 saturated carbocycles. The minimum absolute atomic E-state index is 0. The van der Waals surface area contributed by atoms with Gasteiger partial charge in [-0.1, -0.05) is 6.07 Å². The number of methoxy groups -OCH3 is 1. The van der Waals surface area contributed by atoms with Gasteiger partial charge >= 0.3 is 0 Å². The lowest BCUT2D eigenvalue weighted by atomic mass is 10.2. The van der Waals surface area contributed by atoms with Crippen molar-refractivity contribution in [2.45, 2.75) is 24.8 Å². The topological polar surface area (TPSA) is 58.6 Å². The summed E-state index contributed by atoms with van der Waals surface area (Å²) in [5.74, 6) is 0.399. The highest BCUT2D eigenvalue weighted by Gasteiger charge is 2.32. The molecule has 5 nitrogen and oxygen atoms in total. The molecule has 1 heterocycles. The molecular formula is C13H21ClN2O3S. The van der Waals surface area contributed by atoms with Crippen LogP contribution < -0.4 is 10.1 Å². The second kappa shape index (κ2) is 6.76. The SMILES string of the molecule is COc1ccc(C)cc1S(=O)(=O)N1CCNC[C@@H]1C.Cl. The van der Waals surface area contributed by atoms with Crippen molar-refractivity contribution in [1.29, 1.82) is 0 Å². The van der Waals surface area contributed by atoms with Gasteiger partial charge in [0.25, 0.3) is 0 Å². The number of nitrogens with zero attached hydrogens (tertiary/aromatic N) is 1. The van der Waals surface area contributed by atoms with Gasteiger partial charge in [0.15, 0.2) is 0 Å². The molecule has 1 aromatic rings. The standard InChI is InChI=1S/C13H20N2O3S.ClH/c1-10-4-5-12(18-3)13(8-10)19(16,17)15-7-6-14-9-11(15)2;/h4-5,8,11,14H,6-7,9H2,1-3H3;1H/t11-;/m0./s1. The highest BCUT2D eigenvalue weighted by Crippen LogP contribution is 2.29. The summed E-state index contributed by atoms with van der Waals surface area (Å²) in [6, 6.07) is 5.17. The van der Waals surface area contributed by atoms with Gasteiger partial charge in [-0.15, -0.1) is 12.4 Å². The maximum Gasteiger partial charge on any atom is 0.247 e. The van der Waals surface area contributed by atoms with E-state index < -0.39 is 10.0 Å². The fourth-order valence-corrected chi connectivity index (χ4v) is 4.16. The molecule has 0 aliphatic carbocycles. The summed E-state index contributed by atoms with van der Waals surface area (Å²) in [6.07, 6.45) is 0. The fraction of sp³-hybridized carbons (Fsp3) is 0.538. The quantitative estimate of drug-likeness (QED) is 0.915. The van der Waals surface area contributed by atoms with Crippen LogP contribution in [0.15, 0.2) is 23.1 Å². The molecule has 1 saturated heterocycles. The first-order valence-electron chi connectivity index (χ1n) is 6.34. The number of halogens is 1. The van der Waals surface area contributed by atoms with E-state index in [1.165, 1.54) is 7.11 Å². The van der Waals surface area contributed by atoms with Crippen molar-refractivity contribution < 1.29 is 13.2 Å². The lowest BCUT2D eigenvalue weighted by Crippen LogP contribution is -2.52. The van der Waals surface area contributed by atoms with E-state index in [0.29, 0.717) is 25.4 Å². The summed E-state index contributed by atoms with van der Waals surface area (Å²) >= 11 is 0. The third-order valence-electron chi connectivity index (χ3n) is 3.35. The second-order valence-corrected chi connectivity index (χ2v) is 6.68. The Labute approximate surface area is 126 Å². The maximum atomic E-state index is 12.7. The molecule has 7 heteroatoms. The number of sulfonamides is 1. The predicted octanol–water partition coefficient (Wildman–Crippen LogP) is 1.41. The van der Waals surface area contributed by atoms with Gasteiger partial charge in [-0.25, -0.2) is 8.42 Å². The molecule has 1 aliphatic heterocycles. The minimum atomic E-state index is -3.51. The average molecular weight is 321 g/mol. The van der Waals surface area contributed by atoms with E-state index in [9.17, 15) is 8.42 Å². The molecular weight excluding hydrogens is 300 g/mol. The van der Waals surface area contributed by atoms with E-state index >= 15 is 0 Å². The largest absolute Gasteiger partial charge is 0.495 e. The molecule has 1 aliphatic rings. The van der Waals surface area contributed by atoms with Crippen LogP contribution in [0.3, 0.4) is 0 Å². The van der Waals surface area contributed by atoms with Crippen molar-refractivity contribution in [2.75, 3.05) is 26.7 Å². The van der Waals surface area contributed by atoms with Crippen LogP contribution in [0.25, 0.3) is 0 Å². The zero-order valence-corrected chi connectivity index (χ0v) is 13.6. The Hall–Kier alpha value is -0.820. The molecule has 2 rings (SSSR count). The third kappa shape index (κ3) is 3.25. The Kier molecular flexibility index (Phi) is 5.82. The van der Waals surface area contributed by atoms with Crippen LogP contribution in [0.1, 0.15) is 12.5 Å². The summed E-state index contributed by atoms with van der Waals surface area (Å²) in [4.78, 5) is 0.253. The molecule has 0 aromatic heterocycles. The Morgan fingerprint density at radius 3 is 2.70 bits per heavy atom. The van der Waals surface area contributed by atoms with Gasteiger partial charge in [-0.3, -0.25) is 0 Å². The number of aryl methyl sites for hydroxylation is 1. The molecule has 0 spiro atoms. The summed E-state index contributed by atoms with van der Waals surface area (Å²) in [7, 11) is -2.02. The molecule has 20 heavy (non-hydrogen) atoms. The molecule has 0 unspecified atom stereocenters. The third-order valence-corrected chi connectivity index (χ3v) is 5.38. The van der Waals surface area contributed by atoms with Crippen molar-refractivity contribution in [3.8, 4) is 5.75 Å². The van der Waals surface area contributed by atoms with Crippen LogP contribution in [0.4, 0.5) is 0 Å². The molecule has 0 amide bonds. The summed E-state index contributed by atoms with van der Waals surface area (Å²) < 4.78 is 32.2. The number of hydrogen-bond donors (Lipinski definition) is 1. The predicted molar refractivity (Wildman–Crippen MR) is 81.2 cm³/mol. The van der Waals surface area contributed by atoms with Crippen LogP contribution in [-0.2, 0) is 10.0 Å². The monoisotopic (exact) mass is 320 g/mol. The first-order valence-corrected chi connectivity index (χ1v) is 7.78. The molecule has 0 bridgehead atoms. The number of piperazine rings is 1. The number of rotatable bonds is 3. The Bertz CT molecular complexity index is 563.